The molecule has 2 saturated carbocycles. The number of halogens is 1. The van der Waals surface area contributed by atoms with Crippen LogP contribution in [0.15, 0.2) is 42.5 Å². The summed E-state index contributed by atoms with van der Waals surface area (Å²) >= 11 is 0. The van der Waals surface area contributed by atoms with Gasteiger partial charge < -0.3 is 0 Å². The Kier molecular flexibility index (Phi) is 8.44. The standard InChI is InChI=1S/C31H43F/c1-3-5-7-9-10-23-12-13-26-21-27(16-15-25(26)20-23)28-18-19-30-29(22-28)17-14-24(31(30)32)11-8-6-4-2/h4,6,14,17-19,22-23,25-27H,3,5,7-13,15-16,20-21H2,1-2H3. The zero-order valence-electron chi connectivity index (χ0n) is 20.4. The molecule has 2 aromatic rings. The molecule has 2 aliphatic carbocycles. The smallest absolute Gasteiger partial charge is 0.134 e. The van der Waals surface area contributed by atoms with Gasteiger partial charge in [0.05, 0.1) is 0 Å². The zero-order valence-corrected chi connectivity index (χ0v) is 20.4. The molecule has 2 aromatic carbocycles. The Labute approximate surface area is 195 Å². The summed E-state index contributed by atoms with van der Waals surface area (Å²) in [5.41, 5.74) is 2.29. The summed E-state index contributed by atoms with van der Waals surface area (Å²) in [6.45, 7) is 4.32. The van der Waals surface area contributed by atoms with Crippen molar-refractivity contribution in [3.05, 3.63) is 59.4 Å². The second-order valence-corrected chi connectivity index (χ2v) is 10.7. The van der Waals surface area contributed by atoms with Crippen molar-refractivity contribution in [2.75, 3.05) is 0 Å². The molecule has 4 unspecified atom stereocenters. The highest BCUT2D eigenvalue weighted by molar-refractivity contribution is 5.84. The number of unbranched alkanes of at least 4 members (excludes halogenated alkanes) is 3. The van der Waals surface area contributed by atoms with Crippen molar-refractivity contribution in [3.8, 4) is 0 Å². The molecule has 0 aromatic heterocycles. The predicted molar refractivity (Wildman–Crippen MR) is 137 cm³/mol. The van der Waals surface area contributed by atoms with E-state index in [9.17, 15) is 0 Å². The molecule has 2 fully saturated rings. The molecule has 0 spiro atoms. The maximum atomic E-state index is 15.0. The molecule has 2 aliphatic rings. The lowest BCUT2D eigenvalue weighted by molar-refractivity contribution is 0.113. The molecular formula is C31H43F. The highest BCUT2D eigenvalue weighted by Crippen LogP contribution is 2.48. The normalized spacial score (nSPS) is 26.0. The molecule has 0 amide bonds. The van der Waals surface area contributed by atoms with E-state index in [-0.39, 0.29) is 5.82 Å². The van der Waals surface area contributed by atoms with Gasteiger partial charge in [0.1, 0.15) is 5.82 Å². The van der Waals surface area contributed by atoms with Crippen molar-refractivity contribution in [3.63, 3.8) is 0 Å². The van der Waals surface area contributed by atoms with E-state index in [1.807, 2.05) is 19.1 Å². The first-order chi connectivity index (χ1) is 15.7. The van der Waals surface area contributed by atoms with Gasteiger partial charge in [0, 0.05) is 5.39 Å². The summed E-state index contributed by atoms with van der Waals surface area (Å²) in [4.78, 5) is 0. The number of fused-ring (bicyclic) bond motifs is 2. The maximum absolute atomic E-state index is 15.0. The molecule has 0 N–H and O–H groups in total. The predicted octanol–water partition coefficient (Wildman–Crippen LogP) is 9.76. The molecule has 0 bridgehead atoms. The van der Waals surface area contributed by atoms with E-state index < -0.39 is 0 Å². The van der Waals surface area contributed by atoms with Crippen LogP contribution in [0.5, 0.6) is 0 Å². The van der Waals surface area contributed by atoms with Crippen LogP contribution in [0.2, 0.25) is 0 Å². The summed E-state index contributed by atoms with van der Waals surface area (Å²) in [5.74, 6) is 3.53. The van der Waals surface area contributed by atoms with Crippen molar-refractivity contribution in [2.45, 2.75) is 103 Å². The fourth-order valence-electron chi connectivity index (χ4n) is 6.62. The highest BCUT2D eigenvalue weighted by Gasteiger charge is 2.35. The van der Waals surface area contributed by atoms with Gasteiger partial charge in [-0.1, -0.05) is 87.9 Å². The quantitative estimate of drug-likeness (QED) is 0.272. The minimum Gasteiger partial charge on any atom is -0.206 e. The van der Waals surface area contributed by atoms with Gasteiger partial charge in [0.25, 0.3) is 0 Å². The third-order valence-corrected chi connectivity index (χ3v) is 8.53. The molecule has 0 heterocycles. The van der Waals surface area contributed by atoms with Crippen molar-refractivity contribution in [1.82, 2.24) is 0 Å². The van der Waals surface area contributed by atoms with E-state index in [4.69, 9.17) is 0 Å². The third kappa shape index (κ3) is 5.64. The zero-order chi connectivity index (χ0) is 22.3. The Morgan fingerprint density at radius 3 is 2.62 bits per heavy atom. The fraction of sp³-hybridized carbons (Fsp3) is 0.613. The van der Waals surface area contributed by atoms with Gasteiger partial charge in [-0.2, -0.15) is 0 Å². The highest BCUT2D eigenvalue weighted by atomic mass is 19.1. The lowest BCUT2D eigenvalue weighted by Gasteiger charge is -2.42. The maximum Gasteiger partial charge on any atom is 0.134 e. The number of allylic oxidation sites excluding steroid dienone is 2. The fourth-order valence-corrected chi connectivity index (χ4v) is 6.62. The Hall–Kier alpha value is -1.63. The molecular weight excluding hydrogens is 391 g/mol. The van der Waals surface area contributed by atoms with Crippen LogP contribution in [0.3, 0.4) is 0 Å². The van der Waals surface area contributed by atoms with Gasteiger partial charge in [-0.05, 0) is 92.1 Å². The number of benzene rings is 2. The first kappa shape index (κ1) is 23.5. The SMILES string of the molecule is CC=CCCc1ccc2cc(C3CCC4CC(CCCCCC)CCC4C3)ccc2c1F. The molecule has 174 valence electrons. The Bertz CT molecular complexity index is 895. The lowest BCUT2D eigenvalue weighted by Crippen LogP contribution is -2.30. The van der Waals surface area contributed by atoms with E-state index in [2.05, 4.69) is 37.3 Å². The van der Waals surface area contributed by atoms with E-state index in [1.54, 1.807) is 0 Å². The third-order valence-electron chi connectivity index (χ3n) is 8.53. The summed E-state index contributed by atoms with van der Waals surface area (Å²) < 4.78 is 15.0. The van der Waals surface area contributed by atoms with E-state index in [1.165, 1.54) is 76.2 Å². The second-order valence-electron chi connectivity index (χ2n) is 10.7. The van der Waals surface area contributed by atoms with Crippen LogP contribution in [0.1, 0.15) is 108 Å². The summed E-state index contributed by atoms with van der Waals surface area (Å²) in [6, 6.07) is 10.7. The number of hydrogen-bond donors (Lipinski definition) is 0. The second kappa shape index (κ2) is 11.5. The molecule has 0 radical (unpaired) electrons. The first-order valence-corrected chi connectivity index (χ1v) is 13.5. The first-order valence-electron chi connectivity index (χ1n) is 13.5. The average molecular weight is 435 g/mol. The Morgan fingerprint density at radius 2 is 1.78 bits per heavy atom. The van der Waals surface area contributed by atoms with Crippen LogP contribution >= 0.6 is 0 Å². The molecule has 0 aliphatic heterocycles. The molecule has 32 heavy (non-hydrogen) atoms. The minimum absolute atomic E-state index is 0.0143. The molecule has 4 rings (SSSR count). The lowest BCUT2D eigenvalue weighted by atomic mass is 9.63. The van der Waals surface area contributed by atoms with Gasteiger partial charge in [-0.3, -0.25) is 0 Å². The number of aryl methyl sites for hydroxylation is 1. The van der Waals surface area contributed by atoms with E-state index >= 15 is 4.39 Å². The Balaban J connectivity index is 1.37. The van der Waals surface area contributed by atoms with Gasteiger partial charge in [-0.25, -0.2) is 4.39 Å². The Morgan fingerprint density at radius 1 is 0.938 bits per heavy atom. The van der Waals surface area contributed by atoms with Crippen LogP contribution in [0, 0.1) is 23.6 Å². The van der Waals surface area contributed by atoms with Gasteiger partial charge in [-0.15, -0.1) is 0 Å². The van der Waals surface area contributed by atoms with E-state index in [0.717, 1.165) is 46.9 Å². The van der Waals surface area contributed by atoms with Gasteiger partial charge in [0.2, 0.25) is 0 Å². The number of rotatable bonds is 9. The topological polar surface area (TPSA) is 0 Å². The summed E-state index contributed by atoms with van der Waals surface area (Å²) in [7, 11) is 0. The van der Waals surface area contributed by atoms with Crippen LogP contribution in [-0.4, -0.2) is 0 Å². The van der Waals surface area contributed by atoms with Crippen molar-refractivity contribution >= 4 is 10.8 Å². The average Bonchev–Trinajstić information content (AvgIpc) is 2.83. The van der Waals surface area contributed by atoms with Crippen LogP contribution in [0.25, 0.3) is 10.8 Å². The molecule has 0 saturated heterocycles. The van der Waals surface area contributed by atoms with Crippen molar-refractivity contribution in [1.29, 1.82) is 0 Å². The largest absolute Gasteiger partial charge is 0.206 e. The van der Waals surface area contributed by atoms with Crippen LogP contribution in [-0.2, 0) is 6.42 Å². The molecule has 0 nitrogen and oxygen atoms in total. The van der Waals surface area contributed by atoms with E-state index in [0.29, 0.717) is 5.92 Å². The monoisotopic (exact) mass is 434 g/mol. The van der Waals surface area contributed by atoms with Crippen LogP contribution in [0.4, 0.5) is 4.39 Å². The minimum atomic E-state index is -0.0143. The van der Waals surface area contributed by atoms with Crippen molar-refractivity contribution < 1.29 is 4.39 Å². The molecule has 4 atom stereocenters. The summed E-state index contributed by atoms with van der Waals surface area (Å²) in [5, 5.41) is 1.87. The molecule has 1 heteroatoms. The van der Waals surface area contributed by atoms with Gasteiger partial charge in [0.15, 0.2) is 0 Å². The van der Waals surface area contributed by atoms with Crippen molar-refractivity contribution in [2.24, 2.45) is 17.8 Å². The number of hydrogen-bond acceptors (Lipinski definition) is 0. The summed E-state index contributed by atoms with van der Waals surface area (Å²) in [6.07, 6.45) is 21.4. The van der Waals surface area contributed by atoms with Gasteiger partial charge >= 0.3 is 0 Å². The van der Waals surface area contributed by atoms with Crippen LogP contribution < -0.4 is 0 Å².